The highest BCUT2D eigenvalue weighted by atomic mass is 19.1. The molecule has 0 unspecified atom stereocenters. The molecule has 4 heterocycles. The van der Waals surface area contributed by atoms with Gasteiger partial charge in [-0.05, 0) is 58.2 Å². The van der Waals surface area contributed by atoms with Gasteiger partial charge in [0.2, 0.25) is 0 Å². The molecule has 0 aliphatic carbocycles. The van der Waals surface area contributed by atoms with Gasteiger partial charge in [-0.3, -0.25) is 9.36 Å². The molecule has 6 nitrogen and oxygen atoms in total. The average Bonchev–Trinajstić information content (AvgIpc) is 3.17. The van der Waals surface area contributed by atoms with E-state index in [9.17, 15) is 9.18 Å². The van der Waals surface area contributed by atoms with Crippen LogP contribution < -0.4 is 5.56 Å². The molecule has 0 N–H and O–H groups in total. The van der Waals surface area contributed by atoms with Crippen molar-refractivity contribution in [2.45, 2.75) is 57.9 Å². The monoisotopic (exact) mass is 408 g/mol. The zero-order chi connectivity index (χ0) is 20.7. The zero-order valence-corrected chi connectivity index (χ0v) is 17.2. The highest BCUT2D eigenvalue weighted by Gasteiger charge is 2.26. The van der Waals surface area contributed by atoms with Crippen LogP contribution in [0.25, 0.3) is 11.0 Å². The maximum atomic E-state index is 13.3. The van der Waals surface area contributed by atoms with Crippen molar-refractivity contribution in [2.24, 2.45) is 0 Å². The third-order valence-electron chi connectivity index (χ3n) is 6.54. The second-order valence-electron chi connectivity index (χ2n) is 8.42. The summed E-state index contributed by atoms with van der Waals surface area (Å²) in [6.45, 7) is 5.48. The first-order valence-corrected chi connectivity index (χ1v) is 10.8. The van der Waals surface area contributed by atoms with Crippen LogP contribution in [0.15, 0.2) is 15.4 Å². The SMILES string of the molecule is Cc1nc2n(c(=O)c1CCN1CCC(c3noc4cc(F)c#cc34)CC1)CCCC2. The molecule has 30 heavy (non-hydrogen) atoms. The van der Waals surface area contributed by atoms with Gasteiger partial charge in [-0.25, -0.2) is 4.98 Å². The molecule has 1 fully saturated rings. The van der Waals surface area contributed by atoms with E-state index < -0.39 is 5.82 Å². The Morgan fingerprint density at radius 3 is 2.90 bits per heavy atom. The minimum absolute atomic E-state index is 0.153. The Balaban J connectivity index is 1.23. The zero-order valence-electron chi connectivity index (χ0n) is 17.2. The topological polar surface area (TPSA) is 64.2 Å². The van der Waals surface area contributed by atoms with Crippen LogP contribution in [0.1, 0.15) is 54.4 Å². The summed E-state index contributed by atoms with van der Waals surface area (Å²) in [7, 11) is 0. The summed E-state index contributed by atoms with van der Waals surface area (Å²) in [5, 5.41) is 4.91. The fourth-order valence-corrected chi connectivity index (χ4v) is 4.81. The van der Waals surface area contributed by atoms with E-state index in [0.717, 1.165) is 92.9 Å². The second kappa shape index (κ2) is 7.84. The molecular weight excluding hydrogens is 383 g/mol. The largest absolute Gasteiger partial charge is 0.355 e. The number of fused-ring (bicyclic) bond motifs is 2. The van der Waals surface area contributed by atoms with Gasteiger partial charge in [-0.15, -0.1) is 0 Å². The van der Waals surface area contributed by atoms with E-state index >= 15 is 0 Å². The highest BCUT2D eigenvalue weighted by molar-refractivity contribution is 5.77. The summed E-state index contributed by atoms with van der Waals surface area (Å²) in [6.07, 6.45) is 5.72. The molecule has 0 spiro atoms. The van der Waals surface area contributed by atoms with Gasteiger partial charge in [0.15, 0.2) is 11.4 Å². The summed E-state index contributed by atoms with van der Waals surface area (Å²) in [4.78, 5) is 20.0. The molecule has 1 aromatic carbocycles. The van der Waals surface area contributed by atoms with Gasteiger partial charge in [-0.1, -0.05) is 11.2 Å². The predicted molar refractivity (Wildman–Crippen MR) is 110 cm³/mol. The number of nitrogens with zero attached hydrogens (tertiary/aromatic N) is 4. The van der Waals surface area contributed by atoms with Crippen molar-refractivity contribution in [3.05, 3.63) is 57.1 Å². The maximum absolute atomic E-state index is 13.3. The van der Waals surface area contributed by atoms with E-state index in [2.05, 4.69) is 22.2 Å². The van der Waals surface area contributed by atoms with Crippen LogP contribution in [-0.4, -0.2) is 39.2 Å². The summed E-state index contributed by atoms with van der Waals surface area (Å²) in [6, 6.07) is 6.64. The van der Waals surface area contributed by atoms with Gasteiger partial charge in [0.25, 0.3) is 5.56 Å². The lowest BCUT2D eigenvalue weighted by atomic mass is 9.92. The van der Waals surface area contributed by atoms with Crippen LogP contribution in [0.3, 0.4) is 0 Å². The number of piperidine rings is 1. The lowest BCUT2D eigenvalue weighted by Gasteiger charge is -2.31. The minimum atomic E-state index is -0.483. The van der Waals surface area contributed by atoms with Crippen LogP contribution >= 0.6 is 0 Å². The first kappa shape index (κ1) is 19.3. The highest BCUT2D eigenvalue weighted by Crippen LogP contribution is 2.31. The van der Waals surface area contributed by atoms with Crippen molar-refractivity contribution in [1.82, 2.24) is 19.6 Å². The lowest BCUT2D eigenvalue weighted by Crippen LogP contribution is -2.37. The smallest absolute Gasteiger partial charge is 0.256 e. The predicted octanol–water partition coefficient (Wildman–Crippen LogP) is 3.19. The van der Waals surface area contributed by atoms with Gasteiger partial charge in [0, 0.05) is 42.8 Å². The Bertz CT molecular complexity index is 1130. The van der Waals surface area contributed by atoms with Crippen LogP contribution in [0, 0.1) is 24.9 Å². The van der Waals surface area contributed by atoms with Gasteiger partial charge in [-0.2, -0.15) is 4.39 Å². The van der Waals surface area contributed by atoms with Crippen LogP contribution in [-0.2, 0) is 19.4 Å². The van der Waals surface area contributed by atoms with Crippen LogP contribution in [0.2, 0.25) is 0 Å². The molecule has 2 aromatic heterocycles. The first-order chi connectivity index (χ1) is 14.6. The number of aromatic nitrogens is 3. The standard InChI is InChI=1S/C23H25FN4O2/c1-15-18(23(29)28-10-3-2-4-21(28)25-15)9-13-27-11-7-16(8-12-27)22-19-6-5-17(24)14-20(19)30-26-22/h14,16H,2-4,7-13H2,1H3. The Morgan fingerprint density at radius 2 is 2.07 bits per heavy atom. The maximum Gasteiger partial charge on any atom is 0.256 e. The lowest BCUT2D eigenvalue weighted by molar-refractivity contribution is 0.211. The normalized spacial score (nSPS) is 17.8. The van der Waals surface area contributed by atoms with Gasteiger partial charge >= 0.3 is 0 Å². The van der Waals surface area contributed by atoms with Crippen molar-refractivity contribution in [2.75, 3.05) is 19.6 Å². The summed E-state index contributed by atoms with van der Waals surface area (Å²) in [5.41, 5.74) is 3.18. The number of likely N-dealkylation sites (tertiary alicyclic amines) is 1. The van der Waals surface area contributed by atoms with E-state index in [1.54, 1.807) is 0 Å². The first-order valence-electron chi connectivity index (χ1n) is 10.8. The average molecular weight is 408 g/mol. The Kier molecular flexibility index (Phi) is 5.03. The van der Waals surface area contributed by atoms with E-state index in [-0.39, 0.29) is 11.5 Å². The number of rotatable bonds is 4. The fraction of sp³-hybridized carbons (Fsp3) is 0.522. The summed E-state index contributed by atoms with van der Waals surface area (Å²) < 4.78 is 20.5. The minimum Gasteiger partial charge on any atom is -0.355 e. The van der Waals surface area contributed by atoms with E-state index in [4.69, 9.17) is 9.51 Å². The van der Waals surface area contributed by atoms with Crippen LogP contribution in [0.5, 0.6) is 0 Å². The summed E-state index contributed by atoms with van der Waals surface area (Å²) in [5.74, 6) is 0.736. The molecule has 0 bridgehead atoms. The van der Waals surface area contributed by atoms with E-state index in [1.165, 1.54) is 6.07 Å². The Hall–Kier alpha value is -2.72. The van der Waals surface area contributed by atoms with Gasteiger partial charge in [0.1, 0.15) is 11.5 Å². The molecule has 2 aliphatic rings. The number of aryl methyl sites for hydroxylation is 2. The number of hydrogen-bond donors (Lipinski definition) is 0. The Morgan fingerprint density at radius 1 is 1.23 bits per heavy atom. The van der Waals surface area contributed by atoms with Crippen LogP contribution in [0.4, 0.5) is 4.39 Å². The molecule has 0 atom stereocenters. The quantitative estimate of drug-likeness (QED) is 0.663. The fourth-order valence-electron chi connectivity index (χ4n) is 4.81. The molecule has 0 saturated carbocycles. The molecule has 2 aliphatic heterocycles. The number of halogens is 1. The second-order valence-corrected chi connectivity index (χ2v) is 8.42. The Labute approximate surface area is 174 Å². The van der Waals surface area contributed by atoms with Gasteiger partial charge < -0.3 is 9.42 Å². The van der Waals surface area contributed by atoms with Crippen molar-refractivity contribution in [3.8, 4) is 0 Å². The van der Waals surface area contributed by atoms with Crippen molar-refractivity contribution in [1.29, 1.82) is 0 Å². The molecule has 5 rings (SSSR count). The molecule has 1 saturated heterocycles. The summed E-state index contributed by atoms with van der Waals surface area (Å²) >= 11 is 0. The van der Waals surface area contributed by atoms with Gasteiger partial charge in [0.05, 0.1) is 5.39 Å². The molecular formula is C23H25FN4O2. The van der Waals surface area contributed by atoms with E-state index in [0.29, 0.717) is 5.58 Å². The molecule has 0 amide bonds. The van der Waals surface area contributed by atoms with Crippen molar-refractivity contribution < 1.29 is 8.91 Å². The molecule has 0 radical (unpaired) electrons. The number of hydrogen-bond acceptors (Lipinski definition) is 5. The van der Waals surface area contributed by atoms with Crippen molar-refractivity contribution >= 4 is 11.0 Å². The molecule has 3 aromatic rings. The third-order valence-corrected chi connectivity index (χ3v) is 6.54. The van der Waals surface area contributed by atoms with Crippen molar-refractivity contribution in [3.63, 3.8) is 0 Å². The molecule has 7 heteroatoms. The van der Waals surface area contributed by atoms with E-state index in [1.807, 2.05) is 11.5 Å². The third kappa shape index (κ3) is 3.50. The molecule has 156 valence electrons.